The van der Waals surface area contributed by atoms with E-state index in [0.29, 0.717) is 6.54 Å². The molecule has 2 saturated heterocycles. The van der Waals surface area contributed by atoms with E-state index in [1.807, 2.05) is 60.7 Å². The van der Waals surface area contributed by atoms with Gasteiger partial charge >= 0.3 is 5.97 Å². The summed E-state index contributed by atoms with van der Waals surface area (Å²) in [6.45, 7) is 2.27. The predicted octanol–water partition coefficient (Wildman–Crippen LogP) is 1.72. The molecular weight excluding hydrogens is 276 g/mol. The summed E-state index contributed by atoms with van der Waals surface area (Å²) >= 11 is 0. The quantitative estimate of drug-likeness (QED) is 0.856. The van der Waals surface area contributed by atoms with Crippen molar-refractivity contribution in [1.82, 2.24) is 10.2 Å². The summed E-state index contributed by atoms with van der Waals surface area (Å²) in [6.07, 6.45) is 0. The Bertz CT molecular complexity index is 633. The van der Waals surface area contributed by atoms with Crippen LogP contribution in [-0.4, -0.2) is 36.5 Å². The number of rotatable bonds is 2. The molecule has 1 N–H and O–H groups in total. The average Bonchev–Trinajstić information content (AvgIpc) is 2.91. The van der Waals surface area contributed by atoms with Crippen molar-refractivity contribution in [3.05, 3.63) is 71.8 Å². The molecule has 0 saturated carbocycles. The average molecular weight is 294 g/mol. The minimum absolute atomic E-state index is 0.153. The zero-order valence-corrected chi connectivity index (χ0v) is 12.2. The molecule has 2 aromatic rings. The predicted molar refractivity (Wildman–Crippen MR) is 83.1 cm³/mol. The van der Waals surface area contributed by atoms with Crippen LogP contribution in [0.3, 0.4) is 0 Å². The number of fused-ring (bicyclic) bond motifs is 1. The van der Waals surface area contributed by atoms with E-state index in [0.717, 1.165) is 24.2 Å². The molecule has 0 amide bonds. The van der Waals surface area contributed by atoms with Gasteiger partial charge in [-0.05, 0) is 0 Å². The van der Waals surface area contributed by atoms with Gasteiger partial charge in [0.05, 0.1) is 0 Å². The fraction of sp³-hybridized carbons (Fsp3) is 0.278. The van der Waals surface area contributed by atoms with Crippen molar-refractivity contribution in [2.75, 3.05) is 19.6 Å². The number of ether oxygens (including phenoxy) is 1. The van der Waals surface area contributed by atoms with Gasteiger partial charge < -0.3 is 10.1 Å². The molecule has 4 rings (SSSR count). The summed E-state index contributed by atoms with van der Waals surface area (Å²) < 4.78 is 6.02. The van der Waals surface area contributed by atoms with Crippen molar-refractivity contribution in [1.29, 1.82) is 0 Å². The maximum atomic E-state index is 12.5. The van der Waals surface area contributed by atoms with Crippen LogP contribution in [0.4, 0.5) is 0 Å². The lowest BCUT2D eigenvalue weighted by atomic mass is 9.92. The summed E-state index contributed by atoms with van der Waals surface area (Å²) in [5.74, 6) is -0.153. The zero-order chi connectivity index (χ0) is 15.0. The number of carbonyl (C=O) groups excluding carboxylic acids is 1. The van der Waals surface area contributed by atoms with Gasteiger partial charge in [-0.2, -0.15) is 0 Å². The summed E-state index contributed by atoms with van der Waals surface area (Å²) in [5.41, 5.74) is 1.18. The minimum atomic E-state index is -0.813. The van der Waals surface area contributed by atoms with Gasteiger partial charge in [0, 0.05) is 30.8 Å². The lowest BCUT2D eigenvalue weighted by Crippen LogP contribution is -2.56. The van der Waals surface area contributed by atoms with Gasteiger partial charge in [-0.15, -0.1) is 0 Å². The van der Waals surface area contributed by atoms with Crippen molar-refractivity contribution in [2.45, 2.75) is 11.8 Å². The van der Waals surface area contributed by atoms with Gasteiger partial charge in [0.2, 0.25) is 5.72 Å². The SMILES string of the molecule is O=C1OC(c2ccccc2)(c2ccccc2)N2CCNC[C@@H]12. The van der Waals surface area contributed by atoms with Crippen LogP contribution in [0.2, 0.25) is 0 Å². The molecule has 0 radical (unpaired) electrons. The van der Waals surface area contributed by atoms with Crippen molar-refractivity contribution >= 4 is 5.97 Å². The molecule has 0 unspecified atom stereocenters. The number of piperazine rings is 1. The highest BCUT2D eigenvalue weighted by atomic mass is 16.6. The highest BCUT2D eigenvalue weighted by Crippen LogP contribution is 2.43. The molecule has 4 heteroatoms. The fourth-order valence-corrected chi connectivity index (χ4v) is 3.51. The lowest BCUT2D eigenvalue weighted by molar-refractivity contribution is -0.149. The second-order valence-corrected chi connectivity index (χ2v) is 5.71. The van der Waals surface area contributed by atoms with Crippen LogP contribution in [0.15, 0.2) is 60.7 Å². The van der Waals surface area contributed by atoms with Crippen molar-refractivity contribution < 1.29 is 9.53 Å². The normalized spacial score (nSPS) is 23.8. The number of carbonyl (C=O) groups is 1. The minimum Gasteiger partial charge on any atom is -0.434 e. The van der Waals surface area contributed by atoms with Crippen LogP contribution in [0.25, 0.3) is 0 Å². The number of hydrogen-bond acceptors (Lipinski definition) is 4. The Labute approximate surface area is 129 Å². The Hall–Kier alpha value is -2.17. The van der Waals surface area contributed by atoms with Crippen LogP contribution in [-0.2, 0) is 15.3 Å². The molecule has 2 heterocycles. The Morgan fingerprint density at radius 2 is 1.59 bits per heavy atom. The molecule has 2 aromatic carbocycles. The Kier molecular flexibility index (Phi) is 3.21. The number of nitrogens with zero attached hydrogens (tertiary/aromatic N) is 1. The number of nitrogens with one attached hydrogen (secondary N) is 1. The monoisotopic (exact) mass is 294 g/mol. The number of benzene rings is 2. The molecule has 112 valence electrons. The Morgan fingerprint density at radius 3 is 2.18 bits per heavy atom. The summed E-state index contributed by atoms with van der Waals surface area (Å²) in [6, 6.07) is 19.8. The second kappa shape index (κ2) is 5.23. The Balaban J connectivity index is 1.92. The molecule has 4 nitrogen and oxygen atoms in total. The van der Waals surface area contributed by atoms with Gasteiger partial charge in [-0.3, -0.25) is 4.79 Å². The first-order valence-corrected chi connectivity index (χ1v) is 7.64. The molecule has 2 fully saturated rings. The smallest absolute Gasteiger partial charge is 0.327 e. The third kappa shape index (κ3) is 1.88. The van der Waals surface area contributed by atoms with Gasteiger partial charge in [-0.25, -0.2) is 4.90 Å². The molecule has 0 aliphatic carbocycles. The third-order valence-electron chi connectivity index (χ3n) is 4.50. The molecule has 1 atom stereocenters. The molecule has 0 bridgehead atoms. The first-order valence-electron chi connectivity index (χ1n) is 7.64. The number of hydrogen-bond donors (Lipinski definition) is 1. The molecule has 2 aliphatic heterocycles. The summed E-state index contributed by atoms with van der Waals surface area (Å²) in [7, 11) is 0. The van der Waals surface area contributed by atoms with Crippen LogP contribution in [0.1, 0.15) is 11.1 Å². The highest BCUT2D eigenvalue weighted by Gasteiger charge is 2.56. The van der Waals surface area contributed by atoms with Crippen LogP contribution < -0.4 is 5.32 Å². The van der Waals surface area contributed by atoms with Crippen molar-refractivity contribution in [3.8, 4) is 0 Å². The second-order valence-electron chi connectivity index (χ2n) is 5.71. The molecule has 2 aliphatic rings. The molecule has 0 aromatic heterocycles. The fourth-order valence-electron chi connectivity index (χ4n) is 3.51. The van der Waals surface area contributed by atoms with Crippen LogP contribution >= 0.6 is 0 Å². The molecule has 0 spiro atoms. The van der Waals surface area contributed by atoms with E-state index in [4.69, 9.17) is 4.74 Å². The van der Waals surface area contributed by atoms with Crippen LogP contribution in [0.5, 0.6) is 0 Å². The first kappa shape index (κ1) is 13.5. The number of cyclic esters (lactones) is 1. The van der Waals surface area contributed by atoms with Gasteiger partial charge in [0.25, 0.3) is 0 Å². The van der Waals surface area contributed by atoms with Crippen LogP contribution in [0, 0.1) is 0 Å². The third-order valence-corrected chi connectivity index (χ3v) is 4.50. The highest BCUT2D eigenvalue weighted by molar-refractivity contribution is 5.80. The van der Waals surface area contributed by atoms with Gasteiger partial charge in [0.15, 0.2) is 0 Å². The van der Waals surface area contributed by atoms with E-state index in [-0.39, 0.29) is 12.0 Å². The van der Waals surface area contributed by atoms with E-state index < -0.39 is 5.72 Å². The van der Waals surface area contributed by atoms with E-state index in [9.17, 15) is 4.79 Å². The summed E-state index contributed by atoms with van der Waals surface area (Å²) in [4.78, 5) is 14.7. The molecule has 22 heavy (non-hydrogen) atoms. The maximum absolute atomic E-state index is 12.5. The molecular formula is C18H18N2O2. The Morgan fingerprint density at radius 1 is 1.00 bits per heavy atom. The zero-order valence-electron chi connectivity index (χ0n) is 12.2. The van der Waals surface area contributed by atoms with E-state index >= 15 is 0 Å². The topological polar surface area (TPSA) is 41.6 Å². The first-order chi connectivity index (χ1) is 10.8. The van der Waals surface area contributed by atoms with Crippen molar-refractivity contribution in [3.63, 3.8) is 0 Å². The number of esters is 1. The van der Waals surface area contributed by atoms with E-state index in [1.54, 1.807) is 0 Å². The largest absolute Gasteiger partial charge is 0.434 e. The van der Waals surface area contributed by atoms with Gasteiger partial charge in [0.1, 0.15) is 6.04 Å². The van der Waals surface area contributed by atoms with E-state index in [1.165, 1.54) is 0 Å². The lowest BCUT2D eigenvalue weighted by Gasteiger charge is -2.40. The standard InChI is InChI=1S/C18H18N2O2/c21-17-16-13-19-11-12-20(16)18(22-17,14-7-3-1-4-8-14)15-9-5-2-6-10-15/h1-10,16,19H,11-13H2/t16-/m0/s1. The van der Waals surface area contributed by atoms with Crippen molar-refractivity contribution in [2.24, 2.45) is 0 Å². The van der Waals surface area contributed by atoms with E-state index in [2.05, 4.69) is 10.2 Å². The van der Waals surface area contributed by atoms with Gasteiger partial charge in [-0.1, -0.05) is 60.7 Å². The maximum Gasteiger partial charge on any atom is 0.327 e. The summed E-state index contributed by atoms with van der Waals surface area (Å²) in [5, 5.41) is 3.28.